The second-order valence-electron chi connectivity index (χ2n) is 7.41. The number of hydrogen-bond acceptors (Lipinski definition) is 4. The van der Waals surface area contributed by atoms with Gasteiger partial charge >= 0.3 is 0 Å². The zero-order chi connectivity index (χ0) is 18.1. The maximum Gasteiger partial charge on any atom is 0.240 e. The standard InChI is InChI=1S/C18H18N2O4S/c1-17-7-8-18(2,24-17)14-13(17)15(21)20(16(14)22)10-5-6-11(19-3)12(9-10)25(4)23/h5-6,9,13-14H,7-8H2,1-2,4H3/t13-,14+,17?,18?,25?. The van der Waals surface area contributed by atoms with Gasteiger partial charge in [0.25, 0.3) is 0 Å². The van der Waals surface area contributed by atoms with E-state index in [4.69, 9.17) is 11.3 Å². The normalized spacial score (nSPS) is 37.3. The minimum absolute atomic E-state index is 0.260. The van der Waals surface area contributed by atoms with Crippen molar-refractivity contribution in [1.29, 1.82) is 0 Å². The van der Waals surface area contributed by atoms with Crippen molar-refractivity contribution in [3.8, 4) is 0 Å². The third-order valence-electron chi connectivity index (χ3n) is 5.84. The van der Waals surface area contributed by atoms with Crippen LogP contribution in [0.3, 0.4) is 0 Å². The fourth-order valence-electron chi connectivity index (χ4n) is 4.69. The Bertz CT molecular complexity index is 858. The van der Waals surface area contributed by atoms with E-state index in [1.54, 1.807) is 6.07 Å². The van der Waals surface area contributed by atoms with Crippen molar-refractivity contribution in [2.45, 2.75) is 42.8 Å². The molecular formula is C18H18N2O4S. The summed E-state index contributed by atoms with van der Waals surface area (Å²) in [4.78, 5) is 31.0. The molecule has 2 bridgehead atoms. The Morgan fingerprint density at radius 1 is 1.20 bits per heavy atom. The zero-order valence-corrected chi connectivity index (χ0v) is 15.1. The van der Waals surface area contributed by atoms with Crippen molar-refractivity contribution in [1.82, 2.24) is 0 Å². The summed E-state index contributed by atoms with van der Waals surface area (Å²) in [5, 5.41) is 0. The van der Waals surface area contributed by atoms with E-state index in [9.17, 15) is 13.8 Å². The molecule has 0 spiro atoms. The number of anilines is 1. The van der Waals surface area contributed by atoms with Crippen LogP contribution in [0.1, 0.15) is 26.7 Å². The Labute approximate surface area is 148 Å². The number of rotatable bonds is 2. The molecular weight excluding hydrogens is 340 g/mol. The molecule has 0 N–H and O–H groups in total. The molecule has 3 unspecified atom stereocenters. The van der Waals surface area contributed by atoms with Gasteiger partial charge in [0, 0.05) is 22.0 Å². The number of carbonyl (C=O) groups is 2. The summed E-state index contributed by atoms with van der Waals surface area (Å²) in [5.41, 5.74) is -0.554. The van der Waals surface area contributed by atoms with Gasteiger partial charge in [-0.2, -0.15) is 0 Å². The lowest BCUT2D eigenvalue weighted by Crippen LogP contribution is -2.40. The first-order valence-corrected chi connectivity index (χ1v) is 9.70. The third kappa shape index (κ3) is 2.01. The molecule has 6 nitrogen and oxygen atoms in total. The van der Waals surface area contributed by atoms with Gasteiger partial charge in [-0.3, -0.25) is 13.8 Å². The monoisotopic (exact) mass is 358 g/mol. The predicted octanol–water partition coefficient (Wildman–Crippen LogP) is 2.42. The lowest BCUT2D eigenvalue weighted by atomic mass is 9.69. The molecule has 1 aromatic carbocycles. The number of amides is 2. The van der Waals surface area contributed by atoms with Gasteiger partial charge in [0.15, 0.2) is 0 Å². The number of carbonyl (C=O) groups excluding carboxylic acids is 2. The third-order valence-corrected chi connectivity index (χ3v) is 6.78. The highest BCUT2D eigenvalue weighted by molar-refractivity contribution is 7.84. The number of fused-ring (bicyclic) bond motifs is 5. The quantitative estimate of drug-likeness (QED) is 0.601. The minimum atomic E-state index is -1.38. The van der Waals surface area contributed by atoms with E-state index in [1.165, 1.54) is 23.3 Å². The van der Waals surface area contributed by atoms with Gasteiger partial charge in [0.1, 0.15) is 0 Å². The highest BCUT2D eigenvalue weighted by Crippen LogP contribution is 2.61. The van der Waals surface area contributed by atoms with Crippen LogP contribution in [0, 0.1) is 18.4 Å². The topological polar surface area (TPSA) is 68.0 Å². The van der Waals surface area contributed by atoms with Crippen LogP contribution in [0.5, 0.6) is 0 Å². The molecule has 7 heteroatoms. The van der Waals surface area contributed by atoms with Gasteiger partial charge in [-0.1, -0.05) is 6.07 Å². The second-order valence-corrected chi connectivity index (χ2v) is 8.76. The van der Waals surface area contributed by atoms with Gasteiger partial charge in [-0.25, -0.2) is 9.74 Å². The van der Waals surface area contributed by atoms with E-state index in [2.05, 4.69) is 4.85 Å². The molecule has 0 aromatic heterocycles. The smallest absolute Gasteiger partial charge is 0.240 e. The predicted molar refractivity (Wildman–Crippen MR) is 91.6 cm³/mol. The summed E-state index contributed by atoms with van der Waals surface area (Å²) >= 11 is 0. The van der Waals surface area contributed by atoms with Crippen molar-refractivity contribution in [3.05, 3.63) is 29.6 Å². The first-order valence-electron chi connectivity index (χ1n) is 8.15. The Morgan fingerprint density at radius 2 is 1.76 bits per heavy atom. The van der Waals surface area contributed by atoms with Crippen LogP contribution in [0.4, 0.5) is 11.4 Å². The summed E-state index contributed by atoms with van der Waals surface area (Å²) in [5.74, 6) is -1.47. The molecule has 3 aliphatic heterocycles. The van der Waals surface area contributed by atoms with E-state index in [0.717, 1.165) is 12.8 Å². The second kappa shape index (κ2) is 4.99. The molecule has 3 saturated heterocycles. The fraction of sp³-hybridized carbons (Fsp3) is 0.500. The Balaban J connectivity index is 1.80. The maximum absolute atomic E-state index is 13.1. The van der Waals surface area contributed by atoms with Crippen molar-refractivity contribution >= 4 is 34.0 Å². The molecule has 130 valence electrons. The van der Waals surface area contributed by atoms with Crippen molar-refractivity contribution in [2.75, 3.05) is 11.2 Å². The molecule has 4 rings (SSSR count). The van der Waals surface area contributed by atoms with Crippen LogP contribution in [0.25, 0.3) is 4.85 Å². The highest BCUT2D eigenvalue weighted by Gasteiger charge is 2.72. The van der Waals surface area contributed by atoms with Crippen molar-refractivity contribution < 1.29 is 18.5 Å². The summed E-state index contributed by atoms with van der Waals surface area (Å²) < 4.78 is 18.0. The first-order chi connectivity index (χ1) is 11.7. The molecule has 0 radical (unpaired) electrons. The zero-order valence-electron chi connectivity index (χ0n) is 14.2. The Hall–Kier alpha value is -2.04. The Morgan fingerprint density at radius 3 is 2.24 bits per heavy atom. The largest absolute Gasteiger partial charge is 0.367 e. The number of hydrogen-bond donors (Lipinski definition) is 0. The van der Waals surface area contributed by atoms with Crippen LogP contribution in [-0.4, -0.2) is 33.5 Å². The molecule has 5 atom stereocenters. The number of nitrogens with zero attached hydrogens (tertiary/aromatic N) is 2. The molecule has 0 saturated carbocycles. The average Bonchev–Trinajstić information content (AvgIpc) is 3.11. The van der Waals surface area contributed by atoms with Crippen molar-refractivity contribution in [3.63, 3.8) is 0 Å². The lowest BCUT2D eigenvalue weighted by molar-refractivity contribution is -0.129. The maximum atomic E-state index is 13.1. The van der Waals surface area contributed by atoms with Crippen LogP contribution >= 0.6 is 0 Å². The average molecular weight is 358 g/mol. The van der Waals surface area contributed by atoms with Crippen LogP contribution < -0.4 is 4.90 Å². The van der Waals surface area contributed by atoms with Crippen LogP contribution in [0.15, 0.2) is 23.1 Å². The number of ether oxygens (including phenoxy) is 1. The van der Waals surface area contributed by atoms with Crippen molar-refractivity contribution in [2.24, 2.45) is 11.8 Å². The van der Waals surface area contributed by atoms with E-state index in [0.29, 0.717) is 10.6 Å². The fourth-order valence-corrected chi connectivity index (χ4v) is 5.38. The molecule has 0 aliphatic carbocycles. The summed E-state index contributed by atoms with van der Waals surface area (Å²) in [6, 6.07) is 4.62. The SMILES string of the molecule is [C-]#[N+]c1ccc(N2C(=O)[C@@H]3[C@H](C2=O)C2(C)CCC3(C)O2)cc1S(C)=O. The molecule has 25 heavy (non-hydrogen) atoms. The molecule has 3 heterocycles. The number of benzene rings is 1. The van der Waals surface area contributed by atoms with Gasteiger partial charge in [-0.15, -0.1) is 0 Å². The molecule has 3 fully saturated rings. The van der Waals surface area contributed by atoms with E-state index in [-0.39, 0.29) is 17.5 Å². The first kappa shape index (κ1) is 16.4. The van der Waals surface area contributed by atoms with Crippen LogP contribution in [0.2, 0.25) is 0 Å². The van der Waals surface area contributed by atoms with Gasteiger partial charge in [0.05, 0.1) is 35.3 Å². The van der Waals surface area contributed by atoms with Gasteiger partial charge in [-0.05, 0) is 38.8 Å². The van der Waals surface area contributed by atoms with Gasteiger partial charge in [0.2, 0.25) is 17.5 Å². The lowest BCUT2D eigenvalue weighted by Gasteiger charge is -2.27. The van der Waals surface area contributed by atoms with Gasteiger partial charge < -0.3 is 4.74 Å². The summed E-state index contributed by atoms with van der Waals surface area (Å²) in [6.45, 7) is 11.0. The summed E-state index contributed by atoms with van der Waals surface area (Å²) in [7, 11) is -1.38. The molecule has 3 aliphatic rings. The number of imide groups is 1. The molecule has 2 amide bonds. The minimum Gasteiger partial charge on any atom is -0.367 e. The summed E-state index contributed by atoms with van der Waals surface area (Å²) in [6.07, 6.45) is 3.00. The van der Waals surface area contributed by atoms with E-state index >= 15 is 0 Å². The Kier molecular flexibility index (Phi) is 3.28. The van der Waals surface area contributed by atoms with E-state index < -0.39 is 33.8 Å². The van der Waals surface area contributed by atoms with Crippen LogP contribution in [-0.2, 0) is 25.1 Å². The highest BCUT2D eigenvalue weighted by atomic mass is 32.2. The van der Waals surface area contributed by atoms with E-state index in [1.807, 2.05) is 13.8 Å². The molecule has 1 aromatic rings.